The number of nitrogens with one attached hydrogen (secondary N) is 1. The Morgan fingerprint density at radius 2 is 1.62 bits per heavy atom. The second-order valence-corrected chi connectivity index (χ2v) is 5.31. The maximum absolute atomic E-state index is 12.6. The van der Waals surface area contributed by atoms with Gasteiger partial charge < -0.3 is 14.8 Å². The van der Waals surface area contributed by atoms with E-state index in [0.717, 1.165) is 42.5 Å². The van der Waals surface area contributed by atoms with E-state index in [9.17, 15) is 31.1 Å². The molecule has 0 bridgehead atoms. The van der Waals surface area contributed by atoms with Gasteiger partial charge in [0.15, 0.2) is 0 Å². The Kier molecular flexibility index (Phi) is 4.21. The minimum Gasteiger partial charge on any atom is -0.474 e. The molecular weight excluding hydrogens is 368 g/mol. The molecule has 1 aliphatic rings. The molecule has 1 heterocycles. The SMILES string of the molecule is O=C1Nc2cc(OC(F)(F)F)ccc2O[C@@H]1c1ccc(C(F)(F)F)cc1. The van der Waals surface area contributed by atoms with Crippen molar-refractivity contribution in [3.8, 4) is 11.5 Å². The molecule has 1 aliphatic heterocycles. The third kappa shape index (κ3) is 3.84. The van der Waals surface area contributed by atoms with Gasteiger partial charge in [0.25, 0.3) is 5.91 Å². The predicted octanol–water partition coefficient (Wildman–Crippen LogP) is 4.68. The summed E-state index contributed by atoms with van der Waals surface area (Å²) in [6, 6.07) is 6.89. The number of carbonyl (C=O) groups is 1. The summed E-state index contributed by atoms with van der Waals surface area (Å²) in [5.41, 5.74) is -0.761. The number of amides is 1. The number of carbonyl (C=O) groups excluding carboxylic acids is 1. The predicted molar refractivity (Wildman–Crippen MR) is 76.6 cm³/mol. The van der Waals surface area contributed by atoms with Crippen LogP contribution in [-0.2, 0) is 11.0 Å². The first-order valence-corrected chi connectivity index (χ1v) is 7.07. The molecule has 0 spiro atoms. The Bertz CT molecular complexity index is 829. The monoisotopic (exact) mass is 377 g/mol. The van der Waals surface area contributed by atoms with E-state index in [1.165, 1.54) is 0 Å². The highest BCUT2D eigenvalue weighted by Crippen LogP contribution is 2.39. The number of ether oxygens (including phenoxy) is 2. The van der Waals surface area contributed by atoms with Gasteiger partial charge in [-0.3, -0.25) is 4.79 Å². The summed E-state index contributed by atoms with van der Waals surface area (Å²) in [7, 11) is 0. The van der Waals surface area contributed by atoms with Crippen molar-refractivity contribution in [2.75, 3.05) is 5.32 Å². The minimum atomic E-state index is -4.89. The summed E-state index contributed by atoms with van der Waals surface area (Å²) in [5, 5.41) is 2.35. The van der Waals surface area contributed by atoms with Gasteiger partial charge in [0.05, 0.1) is 11.3 Å². The Balaban J connectivity index is 1.83. The van der Waals surface area contributed by atoms with E-state index in [1.54, 1.807) is 0 Å². The maximum Gasteiger partial charge on any atom is 0.573 e. The zero-order valence-corrected chi connectivity index (χ0v) is 12.6. The fourth-order valence-electron chi connectivity index (χ4n) is 2.35. The molecule has 4 nitrogen and oxygen atoms in total. The molecule has 0 saturated carbocycles. The number of hydrogen-bond acceptors (Lipinski definition) is 3. The Labute approximate surface area is 142 Å². The van der Waals surface area contributed by atoms with E-state index in [2.05, 4.69) is 10.1 Å². The highest BCUT2D eigenvalue weighted by Gasteiger charge is 2.34. The average Bonchev–Trinajstić information content (AvgIpc) is 2.52. The van der Waals surface area contributed by atoms with Crippen molar-refractivity contribution in [3.05, 3.63) is 53.6 Å². The highest BCUT2D eigenvalue weighted by molar-refractivity contribution is 5.98. The quantitative estimate of drug-likeness (QED) is 0.774. The molecule has 138 valence electrons. The molecule has 26 heavy (non-hydrogen) atoms. The third-order valence-electron chi connectivity index (χ3n) is 3.47. The number of rotatable bonds is 2. The van der Waals surface area contributed by atoms with E-state index in [-0.39, 0.29) is 17.0 Å². The zero-order chi connectivity index (χ0) is 19.1. The summed E-state index contributed by atoms with van der Waals surface area (Å²) in [5.74, 6) is -1.22. The summed E-state index contributed by atoms with van der Waals surface area (Å²) in [4.78, 5) is 12.1. The van der Waals surface area contributed by atoms with Crippen molar-refractivity contribution in [1.29, 1.82) is 0 Å². The van der Waals surface area contributed by atoms with Crippen LogP contribution in [0.2, 0.25) is 0 Å². The minimum absolute atomic E-state index is 0.0417. The number of halogens is 6. The molecule has 0 fully saturated rings. The molecule has 3 rings (SSSR count). The van der Waals surface area contributed by atoms with Gasteiger partial charge in [-0.05, 0) is 24.3 Å². The summed E-state index contributed by atoms with van der Waals surface area (Å²) < 4.78 is 83.6. The summed E-state index contributed by atoms with van der Waals surface area (Å²) in [6.45, 7) is 0. The van der Waals surface area contributed by atoms with Gasteiger partial charge in [0.2, 0.25) is 6.10 Å². The number of alkyl halides is 6. The lowest BCUT2D eigenvalue weighted by atomic mass is 10.0. The van der Waals surface area contributed by atoms with Crippen LogP contribution < -0.4 is 14.8 Å². The Hall–Kier alpha value is -2.91. The molecular formula is C16H9F6NO3. The van der Waals surface area contributed by atoms with Gasteiger partial charge >= 0.3 is 12.5 Å². The van der Waals surface area contributed by atoms with Crippen molar-refractivity contribution < 1.29 is 40.6 Å². The van der Waals surface area contributed by atoms with Gasteiger partial charge in [-0.2, -0.15) is 13.2 Å². The lowest BCUT2D eigenvalue weighted by Gasteiger charge is -2.26. The highest BCUT2D eigenvalue weighted by atomic mass is 19.4. The van der Waals surface area contributed by atoms with E-state index < -0.39 is 35.9 Å². The Morgan fingerprint density at radius 1 is 0.962 bits per heavy atom. The van der Waals surface area contributed by atoms with Crippen molar-refractivity contribution in [2.24, 2.45) is 0 Å². The molecule has 2 aromatic carbocycles. The van der Waals surface area contributed by atoms with Crippen LogP contribution in [0.15, 0.2) is 42.5 Å². The van der Waals surface area contributed by atoms with Crippen LogP contribution in [-0.4, -0.2) is 12.3 Å². The van der Waals surface area contributed by atoms with Crippen LogP contribution in [0.1, 0.15) is 17.2 Å². The van der Waals surface area contributed by atoms with Gasteiger partial charge in [-0.25, -0.2) is 0 Å². The lowest BCUT2D eigenvalue weighted by Crippen LogP contribution is -2.30. The van der Waals surface area contributed by atoms with Crippen LogP contribution in [0.25, 0.3) is 0 Å². The molecule has 0 unspecified atom stereocenters. The van der Waals surface area contributed by atoms with Crippen molar-refractivity contribution in [1.82, 2.24) is 0 Å². The van der Waals surface area contributed by atoms with Gasteiger partial charge in [-0.1, -0.05) is 12.1 Å². The zero-order valence-electron chi connectivity index (χ0n) is 12.6. The second kappa shape index (κ2) is 6.11. The number of hydrogen-bond donors (Lipinski definition) is 1. The molecule has 0 saturated heterocycles. The fourth-order valence-corrected chi connectivity index (χ4v) is 2.35. The van der Waals surface area contributed by atoms with E-state index in [1.807, 2.05) is 0 Å². The van der Waals surface area contributed by atoms with Crippen LogP contribution in [0.5, 0.6) is 11.5 Å². The van der Waals surface area contributed by atoms with Crippen LogP contribution in [0.3, 0.4) is 0 Å². The molecule has 1 amide bonds. The molecule has 0 aliphatic carbocycles. The number of anilines is 1. The molecule has 0 aromatic heterocycles. The molecule has 2 aromatic rings. The molecule has 1 atom stereocenters. The third-order valence-corrected chi connectivity index (χ3v) is 3.47. The van der Waals surface area contributed by atoms with Gasteiger partial charge in [-0.15, -0.1) is 13.2 Å². The maximum atomic E-state index is 12.6. The molecule has 0 radical (unpaired) electrons. The smallest absolute Gasteiger partial charge is 0.474 e. The van der Waals surface area contributed by atoms with Crippen molar-refractivity contribution >= 4 is 11.6 Å². The first-order chi connectivity index (χ1) is 12.0. The Morgan fingerprint density at radius 3 is 2.19 bits per heavy atom. The van der Waals surface area contributed by atoms with Gasteiger partial charge in [0, 0.05) is 11.6 Å². The van der Waals surface area contributed by atoms with E-state index >= 15 is 0 Å². The van der Waals surface area contributed by atoms with Crippen LogP contribution >= 0.6 is 0 Å². The standard InChI is InChI=1S/C16H9F6NO3/c17-15(18,19)9-3-1-8(2-4-9)13-14(24)23-11-7-10(26-16(20,21)22)5-6-12(11)25-13/h1-7,13H,(H,23,24)/t13-/m1/s1. The number of benzene rings is 2. The van der Waals surface area contributed by atoms with Crippen molar-refractivity contribution in [2.45, 2.75) is 18.6 Å². The topological polar surface area (TPSA) is 47.6 Å². The molecule has 10 heteroatoms. The first kappa shape index (κ1) is 17.9. The normalized spacial score (nSPS) is 17.2. The van der Waals surface area contributed by atoms with Crippen LogP contribution in [0.4, 0.5) is 32.0 Å². The fraction of sp³-hybridized carbons (Fsp3) is 0.188. The average molecular weight is 377 g/mol. The second-order valence-electron chi connectivity index (χ2n) is 5.31. The van der Waals surface area contributed by atoms with E-state index in [4.69, 9.17) is 4.74 Å². The van der Waals surface area contributed by atoms with E-state index in [0.29, 0.717) is 0 Å². The first-order valence-electron chi connectivity index (χ1n) is 7.07. The van der Waals surface area contributed by atoms with Gasteiger partial charge in [0.1, 0.15) is 11.5 Å². The summed E-state index contributed by atoms with van der Waals surface area (Å²) >= 11 is 0. The summed E-state index contributed by atoms with van der Waals surface area (Å²) in [6.07, 6.45) is -10.6. The van der Waals surface area contributed by atoms with Crippen LogP contribution in [0, 0.1) is 0 Å². The lowest BCUT2D eigenvalue weighted by molar-refractivity contribution is -0.274. The van der Waals surface area contributed by atoms with Crippen molar-refractivity contribution in [3.63, 3.8) is 0 Å². The largest absolute Gasteiger partial charge is 0.573 e. The number of fused-ring (bicyclic) bond motifs is 1. The molecule has 1 N–H and O–H groups in total.